The monoisotopic (exact) mass is 272 g/mol. The van der Waals surface area contributed by atoms with Crippen LogP contribution in [0.5, 0.6) is 0 Å². The number of aliphatic hydroxyl groups excluding tert-OH is 1. The van der Waals surface area contributed by atoms with E-state index >= 15 is 0 Å². The lowest BCUT2D eigenvalue weighted by Crippen LogP contribution is -2.44. The highest BCUT2D eigenvalue weighted by Gasteiger charge is 2.24. The predicted molar refractivity (Wildman–Crippen MR) is 75.1 cm³/mol. The van der Waals surface area contributed by atoms with Crippen molar-refractivity contribution in [2.75, 3.05) is 6.54 Å². The highest BCUT2D eigenvalue weighted by atomic mass is 16.6. The fourth-order valence-electron chi connectivity index (χ4n) is 2.25. The lowest BCUT2D eigenvalue weighted by Gasteiger charge is -2.30. The maximum Gasteiger partial charge on any atom is 0.407 e. The maximum atomic E-state index is 11.6. The van der Waals surface area contributed by atoms with Gasteiger partial charge in [0.2, 0.25) is 0 Å². The van der Waals surface area contributed by atoms with Crippen LogP contribution in [0.2, 0.25) is 0 Å². The van der Waals surface area contributed by atoms with E-state index in [0.717, 1.165) is 25.7 Å². The molecular formula is C14H28N2O3. The summed E-state index contributed by atoms with van der Waals surface area (Å²) in [5.74, 6) is 0. The zero-order valence-electron chi connectivity index (χ0n) is 12.5. The molecule has 1 atom stereocenters. The molecule has 1 saturated carbocycles. The van der Waals surface area contributed by atoms with Gasteiger partial charge in [0.15, 0.2) is 0 Å². The molecule has 0 bridgehead atoms. The standard InChI is InChI=1S/C14H28N2O3/c1-10(17)9-15-11-5-7-12(8-6-11)16-13(18)19-14(2,3)4/h10-12,15,17H,5-9H2,1-4H3,(H,16,18). The number of carbonyl (C=O) groups is 1. The van der Waals surface area contributed by atoms with Crippen LogP contribution in [0.4, 0.5) is 4.79 Å². The lowest BCUT2D eigenvalue weighted by molar-refractivity contribution is 0.0489. The van der Waals surface area contributed by atoms with Crippen LogP contribution in [0.1, 0.15) is 53.4 Å². The molecule has 0 radical (unpaired) electrons. The van der Waals surface area contributed by atoms with Crippen LogP contribution in [0.3, 0.4) is 0 Å². The van der Waals surface area contributed by atoms with E-state index < -0.39 is 5.60 Å². The number of hydrogen-bond acceptors (Lipinski definition) is 4. The van der Waals surface area contributed by atoms with E-state index in [1.807, 2.05) is 20.8 Å². The van der Waals surface area contributed by atoms with E-state index in [9.17, 15) is 9.90 Å². The summed E-state index contributed by atoms with van der Waals surface area (Å²) in [5.41, 5.74) is -0.444. The summed E-state index contributed by atoms with van der Waals surface area (Å²) < 4.78 is 5.25. The quantitative estimate of drug-likeness (QED) is 0.730. The van der Waals surface area contributed by atoms with Gasteiger partial charge in [0, 0.05) is 18.6 Å². The molecule has 0 aromatic carbocycles. The topological polar surface area (TPSA) is 70.6 Å². The Bertz CT molecular complexity index is 279. The molecule has 1 unspecified atom stereocenters. The molecule has 0 aromatic rings. The van der Waals surface area contributed by atoms with Crippen LogP contribution >= 0.6 is 0 Å². The van der Waals surface area contributed by atoms with Gasteiger partial charge in [0.25, 0.3) is 0 Å². The average Bonchev–Trinajstić information content (AvgIpc) is 2.25. The Kier molecular flexibility index (Phi) is 6.07. The van der Waals surface area contributed by atoms with Gasteiger partial charge in [0.05, 0.1) is 6.10 Å². The Labute approximate surface area is 116 Å². The molecule has 5 heteroatoms. The second-order valence-electron chi connectivity index (χ2n) is 6.45. The van der Waals surface area contributed by atoms with E-state index in [-0.39, 0.29) is 18.2 Å². The first-order chi connectivity index (χ1) is 8.76. The molecule has 0 saturated heterocycles. The Hall–Kier alpha value is -0.810. The van der Waals surface area contributed by atoms with E-state index in [4.69, 9.17) is 4.74 Å². The van der Waals surface area contributed by atoms with Crippen molar-refractivity contribution < 1.29 is 14.6 Å². The molecule has 1 rings (SSSR count). The third kappa shape index (κ3) is 7.38. The van der Waals surface area contributed by atoms with E-state index in [1.165, 1.54) is 0 Å². The number of ether oxygens (including phenoxy) is 1. The first-order valence-corrected chi connectivity index (χ1v) is 7.17. The Balaban J connectivity index is 2.21. The van der Waals surface area contributed by atoms with Gasteiger partial charge in [-0.1, -0.05) is 0 Å². The van der Waals surface area contributed by atoms with Crippen LogP contribution in [-0.2, 0) is 4.74 Å². The molecule has 0 heterocycles. The van der Waals surface area contributed by atoms with Crippen LogP contribution in [0.25, 0.3) is 0 Å². The summed E-state index contributed by atoms with van der Waals surface area (Å²) in [7, 11) is 0. The van der Waals surface area contributed by atoms with Gasteiger partial charge in [-0.3, -0.25) is 0 Å². The number of carbonyl (C=O) groups excluding carboxylic acids is 1. The summed E-state index contributed by atoms with van der Waals surface area (Å²) in [6, 6.07) is 0.658. The number of nitrogens with one attached hydrogen (secondary N) is 2. The second-order valence-corrected chi connectivity index (χ2v) is 6.45. The number of alkyl carbamates (subject to hydrolysis) is 1. The molecular weight excluding hydrogens is 244 g/mol. The van der Waals surface area contributed by atoms with Crippen LogP contribution in [-0.4, -0.2) is 41.5 Å². The highest BCUT2D eigenvalue weighted by Crippen LogP contribution is 2.19. The molecule has 19 heavy (non-hydrogen) atoms. The van der Waals surface area contributed by atoms with Gasteiger partial charge >= 0.3 is 6.09 Å². The zero-order valence-corrected chi connectivity index (χ0v) is 12.5. The number of rotatable bonds is 4. The molecule has 3 N–H and O–H groups in total. The van der Waals surface area contributed by atoms with E-state index in [0.29, 0.717) is 12.6 Å². The normalized spacial score (nSPS) is 25.7. The van der Waals surface area contributed by atoms with Crippen LogP contribution in [0, 0.1) is 0 Å². The summed E-state index contributed by atoms with van der Waals surface area (Å²) in [6.45, 7) is 8.01. The summed E-state index contributed by atoms with van der Waals surface area (Å²) >= 11 is 0. The minimum absolute atomic E-state index is 0.208. The minimum Gasteiger partial charge on any atom is -0.444 e. The van der Waals surface area contributed by atoms with Crippen LogP contribution < -0.4 is 10.6 Å². The van der Waals surface area contributed by atoms with Crippen molar-refractivity contribution in [2.24, 2.45) is 0 Å². The number of hydrogen-bond donors (Lipinski definition) is 3. The van der Waals surface area contributed by atoms with Crippen molar-refractivity contribution in [3.05, 3.63) is 0 Å². The highest BCUT2D eigenvalue weighted by molar-refractivity contribution is 5.68. The van der Waals surface area contributed by atoms with E-state index in [1.54, 1.807) is 6.92 Å². The number of amides is 1. The van der Waals surface area contributed by atoms with Crippen molar-refractivity contribution in [3.63, 3.8) is 0 Å². The van der Waals surface area contributed by atoms with Crippen molar-refractivity contribution in [1.29, 1.82) is 0 Å². The smallest absolute Gasteiger partial charge is 0.407 e. The van der Waals surface area contributed by atoms with Crippen molar-refractivity contribution in [1.82, 2.24) is 10.6 Å². The molecule has 112 valence electrons. The van der Waals surface area contributed by atoms with Gasteiger partial charge < -0.3 is 20.5 Å². The summed E-state index contributed by atoms with van der Waals surface area (Å²) in [4.78, 5) is 11.6. The zero-order chi connectivity index (χ0) is 14.5. The molecule has 1 aliphatic rings. The molecule has 1 amide bonds. The Morgan fingerprint density at radius 1 is 1.26 bits per heavy atom. The largest absolute Gasteiger partial charge is 0.444 e. The van der Waals surface area contributed by atoms with E-state index in [2.05, 4.69) is 10.6 Å². The van der Waals surface area contributed by atoms with Crippen LogP contribution in [0.15, 0.2) is 0 Å². The third-order valence-corrected chi connectivity index (χ3v) is 3.15. The van der Waals surface area contributed by atoms with Gasteiger partial charge in [-0.05, 0) is 53.4 Å². The number of aliphatic hydroxyl groups is 1. The van der Waals surface area contributed by atoms with Gasteiger partial charge in [-0.2, -0.15) is 0 Å². The first-order valence-electron chi connectivity index (χ1n) is 7.17. The first kappa shape index (κ1) is 16.2. The van der Waals surface area contributed by atoms with Gasteiger partial charge in [-0.25, -0.2) is 4.79 Å². The molecule has 5 nitrogen and oxygen atoms in total. The fraction of sp³-hybridized carbons (Fsp3) is 0.929. The molecule has 0 aliphatic heterocycles. The van der Waals surface area contributed by atoms with Crippen molar-refractivity contribution >= 4 is 6.09 Å². The van der Waals surface area contributed by atoms with Crippen molar-refractivity contribution in [2.45, 2.75) is 77.2 Å². The minimum atomic E-state index is -0.444. The lowest BCUT2D eigenvalue weighted by atomic mass is 9.91. The SMILES string of the molecule is CC(O)CNC1CCC(NC(=O)OC(C)(C)C)CC1. The second kappa shape index (κ2) is 7.10. The molecule has 1 fully saturated rings. The summed E-state index contributed by atoms with van der Waals surface area (Å²) in [6.07, 6.45) is 3.32. The molecule has 1 aliphatic carbocycles. The maximum absolute atomic E-state index is 11.6. The predicted octanol–water partition coefficient (Wildman–Crippen LogP) is 1.79. The average molecular weight is 272 g/mol. The molecule has 0 aromatic heterocycles. The Morgan fingerprint density at radius 3 is 2.26 bits per heavy atom. The van der Waals surface area contributed by atoms with Gasteiger partial charge in [0.1, 0.15) is 5.60 Å². The third-order valence-electron chi connectivity index (χ3n) is 3.15. The summed E-state index contributed by atoms with van der Waals surface area (Å²) in [5, 5.41) is 15.5. The fourth-order valence-corrected chi connectivity index (χ4v) is 2.25. The van der Waals surface area contributed by atoms with Gasteiger partial charge in [-0.15, -0.1) is 0 Å². The molecule has 0 spiro atoms. The Morgan fingerprint density at radius 2 is 1.79 bits per heavy atom. The van der Waals surface area contributed by atoms with Crippen molar-refractivity contribution in [3.8, 4) is 0 Å².